The predicted octanol–water partition coefficient (Wildman–Crippen LogP) is 1.78. The number of rotatable bonds is 5. The molecular formula is C9H15NO2S. The quantitative estimate of drug-likeness (QED) is 0.736. The maximum Gasteiger partial charge on any atom is 0.326 e. The summed E-state index contributed by atoms with van der Waals surface area (Å²) >= 11 is 1.34. The Morgan fingerprint density at radius 3 is 2.46 bits per heavy atom. The molecule has 0 unspecified atom stereocenters. The lowest BCUT2D eigenvalue weighted by Gasteiger charge is -2.20. The highest BCUT2D eigenvalue weighted by atomic mass is 32.2. The fourth-order valence-corrected chi connectivity index (χ4v) is 1.62. The van der Waals surface area contributed by atoms with Crippen molar-refractivity contribution < 1.29 is 9.90 Å². The Bertz CT molecular complexity index is 224. The molecule has 0 fully saturated rings. The molecule has 0 aromatic rings. The largest absolute Gasteiger partial charge is 0.480 e. The van der Waals surface area contributed by atoms with Crippen LogP contribution in [0.25, 0.3) is 0 Å². The average molecular weight is 201 g/mol. The van der Waals surface area contributed by atoms with Crippen molar-refractivity contribution >= 4 is 17.7 Å². The summed E-state index contributed by atoms with van der Waals surface area (Å²) in [6.45, 7) is 5.60. The van der Waals surface area contributed by atoms with Gasteiger partial charge in [0.1, 0.15) is 6.04 Å². The van der Waals surface area contributed by atoms with Crippen LogP contribution in [0, 0.1) is 0 Å². The summed E-state index contributed by atoms with van der Waals surface area (Å²) in [5, 5.41) is 10.7. The Balaban J connectivity index is 4.38. The fourth-order valence-electron chi connectivity index (χ4n) is 0.866. The van der Waals surface area contributed by atoms with Gasteiger partial charge in [0.2, 0.25) is 0 Å². The van der Waals surface area contributed by atoms with Gasteiger partial charge in [-0.3, -0.25) is 9.69 Å². The minimum atomic E-state index is -0.869. The highest BCUT2D eigenvalue weighted by molar-refractivity contribution is 8.05. The molecule has 0 aliphatic heterocycles. The molecule has 4 heteroatoms. The van der Waals surface area contributed by atoms with Crippen LogP contribution in [0.5, 0.6) is 0 Å². The molecule has 0 aromatic heterocycles. The van der Waals surface area contributed by atoms with Gasteiger partial charge in [0.05, 0.1) is 0 Å². The second-order valence-corrected chi connectivity index (χ2v) is 3.79. The van der Waals surface area contributed by atoms with E-state index in [4.69, 9.17) is 5.11 Å². The monoisotopic (exact) mass is 201 g/mol. The Hall–Kier alpha value is -0.740. The first-order valence-corrected chi connectivity index (χ1v) is 4.74. The standard InChI is InChI=1S/C9H15NO2S/c1-5-6-13-7(2)8(9(11)12)10(3)4/h5-6,8H,2H2,1,3-4H3,(H,11,12)/b6-5-/t8-/m1/s1. The lowest BCUT2D eigenvalue weighted by Crippen LogP contribution is -2.36. The summed E-state index contributed by atoms with van der Waals surface area (Å²) in [5.41, 5.74) is 0. The lowest BCUT2D eigenvalue weighted by molar-refractivity contribution is -0.140. The maximum absolute atomic E-state index is 10.8. The van der Waals surface area contributed by atoms with Crippen molar-refractivity contribution in [2.75, 3.05) is 14.1 Å². The number of hydrogen-bond donors (Lipinski definition) is 1. The van der Waals surface area contributed by atoms with Crippen LogP contribution in [-0.4, -0.2) is 36.1 Å². The van der Waals surface area contributed by atoms with Crippen molar-refractivity contribution in [1.29, 1.82) is 0 Å². The van der Waals surface area contributed by atoms with E-state index in [1.165, 1.54) is 11.8 Å². The van der Waals surface area contributed by atoms with E-state index < -0.39 is 12.0 Å². The zero-order chi connectivity index (χ0) is 10.4. The number of allylic oxidation sites excluding steroid dienone is 1. The van der Waals surface area contributed by atoms with Crippen molar-refractivity contribution in [3.05, 3.63) is 23.0 Å². The average Bonchev–Trinajstić information content (AvgIpc) is 1.99. The number of likely N-dealkylation sites (N-methyl/N-ethyl adjacent to an activating group) is 1. The van der Waals surface area contributed by atoms with Crippen LogP contribution in [0.4, 0.5) is 0 Å². The molecule has 0 bridgehead atoms. The normalized spacial score (nSPS) is 13.5. The maximum atomic E-state index is 10.8. The van der Waals surface area contributed by atoms with Gasteiger partial charge >= 0.3 is 5.97 Å². The summed E-state index contributed by atoms with van der Waals surface area (Å²) in [5.74, 6) is -0.869. The van der Waals surface area contributed by atoms with Crippen LogP contribution in [0.1, 0.15) is 6.92 Å². The molecule has 0 aromatic carbocycles. The van der Waals surface area contributed by atoms with Crippen molar-refractivity contribution in [3.8, 4) is 0 Å². The van der Waals surface area contributed by atoms with E-state index in [2.05, 4.69) is 6.58 Å². The number of carbonyl (C=O) groups is 1. The molecule has 0 heterocycles. The number of carboxylic acid groups (broad SMARTS) is 1. The molecule has 0 saturated heterocycles. The second-order valence-electron chi connectivity index (χ2n) is 2.76. The van der Waals surface area contributed by atoms with Crippen LogP contribution >= 0.6 is 11.8 Å². The zero-order valence-electron chi connectivity index (χ0n) is 8.15. The van der Waals surface area contributed by atoms with Gasteiger partial charge in [-0.15, -0.1) is 11.8 Å². The van der Waals surface area contributed by atoms with E-state index in [1.54, 1.807) is 19.0 Å². The molecule has 3 nitrogen and oxygen atoms in total. The topological polar surface area (TPSA) is 40.5 Å². The van der Waals surface area contributed by atoms with Crippen LogP contribution in [0.15, 0.2) is 23.0 Å². The molecule has 1 N–H and O–H groups in total. The Morgan fingerprint density at radius 2 is 2.15 bits per heavy atom. The zero-order valence-corrected chi connectivity index (χ0v) is 8.97. The van der Waals surface area contributed by atoms with E-state index in [0.29, 0.717) is 4.91 Å². The van der Waals surface area contributed by atoms with Crippen LogP contribution in [0.2, 0.25) is 0 Å². The fraction of sp³-hybridized carbons (Fsp3) is 0.444. The van der Waals surface area contributed by atoms with Gasteiger partial charge in [0.25, 0.3) is 0 Å². The van der Waals surface area contributed by atoms with Crippen LogP contribution in [-0.2, 0) is 4.79 Å². The van der Waals surface area contributed by atoms with Crippen molar-refractivity contribution in [2.45, 2.75) is 13.0 Å². The van der Waals surface area contributed by atoms with Gasteiger partial charge in [-0.05, 0) is 26.4 Å². The molecule has 0 radical (unpaired) electrons. The molecular weight excluding hydrogens is 186 g/mol. The number of hydrogen-bond acceptors (Lipinski definition) is 3. The lowest BCUT2D eigenvalue weighted by atomic mass is 10.3. The van der Waals surface area contributed by atoms with Crippen LogP contribution < -0.4 is 0 Å². The van der Waals surface area contributed by atoms with Crippen LogP contribution in [0.3, 0.4) is 0 Å². The first-order chi connectivity index (χ1) is 6.00. The first-order valence-electron chi connectivity index (χ1n) is 3.86. The smallest absolute Gasteiger partial charge is 0.326 e. The van der Waals surface area contributed by atoms with Gasteiger partial charge in [-0.25, -0.2) is 0 Å². The molecule has 0 saturated carbocycles. The summed E-state index contributed by atoms with van der Waals surface area (Å²) in [6.07, 6.45) is 1.85. The SMILES string of the molecule is C=C(S/C=C\C)[C@H](C(=O)O)N(C)C. The number of thioether (sulfide) groups is 1. The molecule has 13 heavy (non-hydrogen) atoms. The van der Waals surface area contributed by atoms with Crippen molar-refractivity contribution in [2.24, 2.45) is 0 Å². The minimum Gasteiger partial charge on any atom is -0.480 e. The Morgan fingerprint density at radius 1 is 1.62 bits per heavy atom. The molecule has 0 aliphatic rings. The van der Waals surface area contributed by atoms with E-state index in [0.717, 1.165) is 0 Å². The van der Waals surface area contributed by atoms with E-state index in [-0.39, 0.29) is 0 Å². The highest BCUT2D eigenvalue weighted by Crippen LogP contribution is 2.21. The van der Waals surface area contributed by atoms with Gasteiger partial charge < -0.3 is 5.11 Å². The molecule has 0 rings (SSSR count). The van der Waals surface area contributed by atoms with Crippen molar-refractivity contribution in [1.82, 2.24) is 4.90 Å². The van der Waals surface area contributed by atoms with Crippen molar-refractivity contribution in [3.63, 3.8) is 0 Å². The number of nitrogens with zero attached hydrogens (tertiary/aromatic N) is 1. The summed E-state index contributed by atoms with van der Waals surface area (Å²) in [6, 6.07) is -0.624. The van der Waals surface area contributed by atoms with Gasteiger partial charge in [0.15, 0.2) is 0 Å². The summed E-state index contributed by atoms with van der Waals surface area (Å²) in [4.78, 5) is 13.1. The van der Waals surface area contributed by atoms with E-state index >= 15 is 0 Å². The summed E-state index contributed by atoms with van der Waals surface area (Å²) in [7, 11) is 3.44. The molecule has 0 aliphatic carbocycles. The molecule has 74 valence electrons. The van der Waals surface area contributed by atoms with Gasteiger partial charge in [-0.1, -0.05) is 12.7 Å². The third-order valence-corrected chi connectivity index (χ3v) is 2.35. The van der Waals surface area contributed by atoms with E-state index in [9.17, 15) is 4.79 Å². The predicted molar refractivity (Wildman–Crippen MR) is 56.7 cm³/mol. The van der Waals surface area contributed by atoms with E-state index in [1.807, 2.05) is 18.4 Å². The third-order valence-electron chi connectivity index (χ3n) is 1.41. The molecule has 0 amide bonds. The van der Waals surface area contributed by atoms with Gasteiger partial charge in [0, 0.05) is 4.91 Å². The first kappa shape index (κ1) is 12.3. The molecule has 1 atom stereocenters. The third kappa shape index (κ3) is 4.15. The summed E-state index contributed by atoms with van der Waals surface area (Å²) < 4.78 is 0. The number of aliphatic carboxylic acids is 1. The Labute approximate surface area is 83.1 Å². The molecule has 0 spiro atoms. The minimum absolute atomic E-state index is 0.621. The highest BCUT2D eigenvalue weighted by Gasteiger charge is 2.22. The number of carboxylic acids is 1. The second kappa shape index (κ2) is 5.83. The Kier molecular flexibility index (Phi) is 5.50. The van der Waals surface area contributed by atoms with Gasteiger partial charge in [-0.2, -0.15) is 0 Å².